The summed E-state index contributed by atoms with van der Waals surface area (Å²) >= 11 is 0. The van der Waals surface area contributed by atoms with E-state index in [2.05, 4.69) is 15.3 Å². The molecule has 2 aliphatic heterocycles. The molecular weight excluding hydrogens is 252 g/mol. The van der Waals surface area contributed by atoms with Crippen LogP contribution in [0, 0.1) is 0 Å². The average Bonchev–Trinajstić information content (AvgIpc) is 3.11. The highest BCUT2D eigenvalue weighted by Gasteiger charge is 2.40. The number of sulfonamides is 1. The van der Waals surface area contributed by atoms with Gasteiger partial charge in [-0.15, -0.1) is 0 Å². The molecule has 0 radical (unpaired) electrons. The summed E-state index contributed by atoms with van der Waals surface area (Å²) in [5.74, 6) is 0. The smallest absolute Gasteiger partial charge is 0.260 e. The van der Waals surface area contributed by atoms with Crippen LogP contribution in [0.4, 0.5) is 0 Å². The minimum atomic E-state index is -3.41. The van der Waals surface area contributed by atoms with Crippen LogP contribution >= 0.6 is 0 Å². The Morgan fingerprint density at radius 3 is 2.89 bits per heavy atom. The van der Waals surface area contributed by atoms with Gasteiger partial charge < -0.3 is 10.3 Å². The van der Waals surface area contributed by atoms with Crippen LogP contribution in [0.5, 0.6) is 0 Å². The normalized spacial score (nSPS) is 30.0. The molecule has 7 heteroatoms. The zero-order valence-corrected chi connectivity index (χ0v) is 11.0. The van der Waals surface area contributed by atoms with Crippen LogP contribution in [0.1, 0.15) is 25.7 Å². The number of imidazole rings is 1. The number of H-pyrrole nitrogens is 1. The van der Waals surface area contributed by atoms with Crippen molar-refractivity contribution >= 4 is 10.0 Å². The topological polar surface area (TPSA) is 78.1 Å². The van der Waals surface area contributed by atoms with Gasteiger partial charge in [0.05, 0.1) is 12.5 Å². The van der Waals surface area contributed by atoms with Gasteiger partial charge in [-0.3, -0.25) is 0 Å². The maximum atomic E-state index is 12.5. The summed E-state index contributed by atoms with van der Waals surface area (Å²) in [6.45, 7) is 1.61. The molecule has 3 heterocycles. The summed E-state index contributed by atoms with van der Waals surface area (Å²) in [5, 5.41) is 3.62. The third-order valence-corrected chi connectivity index (χ3v) is 5.72. The number of aromatic nitrogens is 2. The number of rotatable bonds is 3. The van der Waals surface area contributed by atoms with Gasteiger partial charge in [-0.2, -0.15) is 4.31 Å². The molecule has 3 rings (SSSR count). The van der Waals surface area contributed by atoms with E-state index >= 15 is 0 Å². The van der Waals surface area contributed by atoms with Crippen molar-refractivity contribution in [2.24, 2.45) is 0 Å². The molecule has 0 spiro atoms. The molecule has 2 saturated heterocycles. The highest BCUT2D eigenvalue weighted by Crippen LogP contribution is 2.29. The van der Waals surface area contributed by atoms with Crippen molar-refractivity contribution in [1.29, 1.82) is 0 Å². The molecule has 0 aromatic carbocycles. The predicted octanol–water partition coefficient (Wildman–Crippen LogP) is 0.315. The van der Waals surface area contributed by atoms with Gasteiger partial charge in [0.25, 0.3) is 10.0 Å². The number of nitrogens with one attached hydrogen (secondary N) is 2. The molecule has 0 aliphatic carbocycles. The lowest BCUT2D eigenvalue weighted by Gasteiger charge is -2.28. The van der Waals surface area contributed by atoms with E-state index in [0.29, 0.717) is 12.6 Å². The molecule has 1 aromatic rings. The lowest BCUT2D eigenvalue weighted by Crippen LogP contribution is -2.46. The van der Waals surface area contributed by atoms with E-state index in [9.17, 15) is 8.42 Å². The third-order valence-electron chi connectivity index (χ3n) is 3.87. The average molecular weight is 270 g/mol. The number of aromatic amines is 1. The zero-order chi connectivity index (χ0) is 12.6. The van der Waals surface area contributed by atoms with Crippen LogP contribution in [0.15, 0.2) is 17.6 Å². The molecule has 0 bridgehead atoms. The van der Waals surface area contributed by atoms with Gasteiger partial charge >= 0.3 is 0 Å². The first-order valence-corrected chi connectivity index (χ1v) is 7.87. The van der Waals surface area contributed by atoms with Crippen molar-refractivity contribution in [3.05, 3.63) is 12.5 Å². The minimum Gasteiger partial charge on any atom is -0.335 e. The van der Waals surface area contributed by atoms with Crippen LogP contribution in [0.3, 0.4) is 0 Å². The van der Waals surface area contributed by atoms with E-state index in [0.717, 1.165) is 32.2 Å². The molecule has 100 valence electrons. The molecule has 1 aromatic heterocycles. The van der Waals surface area contributed by atoms with Gasteiger partial charge in [0, 0.05) is 18.6 Å². The van der Waals surface area contributed by atoms with Crippen molar-refractivity contribution in [2.75, 3.05) is 13.1 Å². The monoisotopic (exact) mass is 270 g/mol. The van der Waals surface area contributed by atoms with Crippen LogP contribution in [0.25, 0.3) is 0 Å². The van der Waals surface area contributed by atoms with Gasteiger partial charge in [-0.25, -0.2) is 13.4 Å². The lowest BCUT2D eigenvalue weighted by molar-refractivity contribution is 0.321. The molecule has 0 saturated carbocycles. The first-order valence-electron chi connectivity index (χ1n) is 6.43. The second kappa shape index (κ2) is 4.64. The second-order valence-electron chi connectivity index (χ2n) is 4.94. The Morgan fingerprint density at radius 1 is 1.33 bits per heavy atom. The van der Waals surface area contributed by atoms with Gasteiger partial charge in [-0.05, 0) is 32.2 Å². The SMILES string of the molecule is O=S(=O)(c1cnc[nH]1)N1CCCC1C1CCCN1. The lowest BCUT2D eigenvalue weighted by atomic mass is 10.1. The molecule has 18 heavy (non-hydrogen) atoms. The van der Waals surface area contributed by atoms with Crippen LogP contribution in [0.2, 0.25) is 0 Å². The Bertz CT molecular complexity index is 493. The highest BCUT2D eigenvalue weighted by atomic mass is 32.2. The van der Waals surface area contributed by atoms with Gasteiger partial charge in [0.2, 0.25) is 0 Å². The van der Waals surface area contributed by atoms with Crippen LogP contribution in [-0.4, -0.2) is 47.9 Å². The van der Waals surface area contributed by atoms with E-state index in [-0.39, 0.29) is 11.1 Å². The maximum absolute atomic E-state index is 12.5. The summed E-state index contributed by atoms with van der Waals surface area (Å²) in [6, 6.07) is 0.408. The van der Waals surface area contributed by atoms with Crippen molar-refractivity contribution in [3.63, 3.8) is 0 Å². The van der Waals surface area contributed by atoms with Crippen molar-refractivity contribution in [2.45, 2.75) is 42.8 Å². The van der Waals surface area contributed by atoms with E-state index in [1.54, 1.807) is 4.31 Å². The molecular formula is C11H18N4O2S. The van der Waals surface area contributed by atoms with Gasteiger partial charge in [-0.1, -0.05) is 0 Å². The number of nitrogens with zero attached hydrogens (tertiary/aromatic N) is 2. The van der Waals surface area contributed by atoms with E-state index < -0.39 is 10.0 Å². The molecule has 6 nitrogen and oxygen atoms in total. The third kappa shape index (κ3) is 1.96. The fourth-order valence-corrected chi connectivity index (χ4v) is 4.64. The Hall–Kier alpha value is -0.920. The van der Waals surface area contributed by atoms with Crippen molar-refractivity contribution in [1.82, 2.24) is 19.6 Å². The fourth-order valence-electron chi connectivity index (χ4n) is 3.02. The second-order valence-corrected chi connectivity index (χ2v) is 6.80. The molecule has 2 atom stereocenters. The Kier molecular flexibility index (Phi) is 3.13. The summed E-state index contributed by atoms with van der Waals surface area (Å²) in [5.41, 5.74) is 0. The van der Waals surface area contributed by atoms with Crippen LogP contribution < -0.4 is 5.32 Å². The maximum Gasteiger partial charge on any atom is 0.260 e. The molecule has 0 amide bonds. The Morgan fingerprint density at radius 2 is 2.22 bits per heavy atom. The molecule has 2 aliphatic rings. The Balaban J connectivity index is 1.86. The first-order chi connectivity index (χ1) is 8.69. The summed E-state index contributed by atoms with van der Waals surface area (Å²) in [4.78, 5) is 6.51. The molecule has 2 fully saturated rings. The first kappa shape index (κ1) is 12.1. The Labute approximate surface area is 107 Å². The number of hydrogen-bond acceptors (Lipinski definition) is 4. The minimum absolute atomic E-state index is 0.0980. The zero-order valence-electron chi connectivity index (χ0n) is 10.2. The summed E-state index contributed by atoms with van der Waals surface area (Å²) in [7, 11) is -3.41. The highest BCUT2D eigenvalue weighted by molar-refractivity contribution is 7.89. The van der Waals surface area contributed by atoms with Gasteiger partial charge in [0.1, 0.15) is 0 Å². The standard InChI is InChI=1S/C11H18N4O2S/c16-18(17,11-7-12-8-14-11)15-6-2-4-10(15)9-3-1-5-13-9/h7-10,13H,1-6H2,(H,12,14). The van der Waals surface area contributed by atoms with Crippen molar-refractivity contribution in [3.8, 4) is 0 Å². The quantitative estimate of drug-likeness (QED) is 0.829. The number of hydrogen-bond donors (Lipinski definition) is 2. The van der Waals surface area contributed by atoms with E-state index in [1.165, 1.54) is 12.5 Å². The molecule has 2 unspecified atom stereocenters. The summed E-state index contributed by atoms with van der Waals surface area (Å²) < 4.78 is 26.6. The fraction of sp³-hybridized carbons (Fsp3) is 0.727. The van der Waals surface area contributed by atoms with Crippen molar-refractivity contribution < 1.29 is 8.42 Å². The largest absolute Gasteiger partial charge is 0.335 e. The van der Waals surface area contributed by atoms with E-state index in [4.69, 9.17) is 0 Å². The molecule has 2 N–H and O–H groups in total. The van der Waals surface area contributed by atoms with Gasteiger partial charge in [0.15, 0.2) is 5.03 Å². The summed E-state index contributed by atoms with van der Waals surface area (Å²) in [6.07, 6.45) is 6.89. The predicted molar refractivity (Wildman–Crippen MR) is 66.5 cm³/mol. The van der Waals surface area contributed by atoms with E-state index in [1.807, 2.05) is 0 Å². The van der Waals surface area contributed by atoms with Crippen LogP contribution in [-0.2, 0) is 10.0 Å².